The average molecular weight is 390 g/mol. The maximum atomic E-state index is 11.0. The van der Waals surface area contributed by atoms with Gasteiger partial charge in [0, 0.05) is 30.2 Å². The molecule has 5 N–H and O–H groups in total. The third-order valence-electron chi connectivity index (χ3n) is 5.32. The third-order valence-corrected chi connectivity index (χ3v) is 5.32. The Kier molecular flexibility index (Phi) is 5.93. The fourth-order valence-electron chi connectivity index (χ4n) is 3.82. The van der Waals surface area contributed by atoms with Crippen LogP contribution in [-0.2, 0) is 24.2 Å². The van der Waals surface area contributed by atoms with Crippen LogP contribution in [0.15, 0.2) is 48.5 Å². The van der Waals surface area contributed by atoms with E-state index in [9.17, 15) is 4.79 Å². The monoisotopic (exact) mass is 390 g/mol. The molecule has 0 fully saturated rings. The topological polar surface area (TPSA) is 89.2 Å². The van der Waals surface area contributed by atoms with Gasteiger partial charge in [0.25, 0.3) is 5.91 Å². The third kappa shape index (κ3) is 4.50. The molecule has 29 heavy (non-hydrogen) atoms. The number of amides is 1. The number of aryl methyl sites for hydroxylation is 1. The summed E-state index contributed by atoms with van der Waals surface area (Å²) in [4.78, 5) is 14.7. The van der Waals surface area contributed by atoms with Crippen molar-refractivity contribution in [3.05, 3.63) is 70.9 Å². The SMILES string of the molecule is O=C(/C=C/c1ccc(CNCCc2cccc3c4c([nH]c23)CCCN4)cc1)NO. The first-order chi connectivity index (χ1) is 14.2. The lowest BCUT2D eigenvalue weighted by Crippen LogP contribution is -2.16. The summed E-state index contributed by atoms with van der Waals surface area (Å²) in [5.41, 5.74) is 8.89. The minimum atomic E-state index is -0.538. The predicted octanol–water partition coefficient (Wildman–Crippen LogP) is 3.38. The van der Waals surface area contributed by atoms with Gasteiger partial charge in [-0.25, -0.2) is 5.48 Å². The van der Waals surface area contributed by atoms with Gasteiger partial charge in [0.05, 0.1) is 11.2 Å². The summed E-state index contributed by atoms with van der Waals surface area (Å²) in [6.45, 7) is 2.74. The minimum Gasteiger partial charge on any atom is -0.383 e. The number of nitrogens with one attached hydrogen (secondary N) is 4. The van der Waals surface area contributed by atoms with E-state index in [2.05, 4.69) is 33.8 Å². The van der Waals surface area contributed by atoms with Gasteiger partial charge >= 0.3 is 0 Å². The Labute approximate surface area is 170 Å². The second-order valence-electron chi connectivity index (χ2n) is 7.33. The van der Waals surface area contributed by atoms with Gasteiger partial charge in [-0.05, 0) is 48.6 Å². The Morgan fingerprint density at radius 3 is 2.86 bits per heavy atom. The molecule has 0 spiro atoms. The lowest BCUT2D eigenvalue weighted by molar-refractivity contribution is -0.124. The normalized spacial score (nSPS) is 13.4. The molecular formula is C23H26N4O2. The van der Waals surface area contributed by atoms with Crippen LogP contribution in [0.4, 0.5) is 5.69 Å². The molecule has 6 nitrogen and oxygen atoms in total. The van der Waals surface area contributed by atoms with Gasteiger partial charge < -0.3 is 15.6 Å². The van der Waals surface area contributed by atoms with E-state index in [1.807, 2.05) is 24.3 Å². The maximum Gasteiger partial charge on any atom is 0.267 e. The second kappa shape index (κ2) is 8.94. The highest BCUT2D eigenvalue weighted by Gasteiger charge is 2.16. The van der Waals surface area contributed by atoms with Gasteiger partial charge in [-0.1, -0.05) is 42.5 Å². The molecule has 2 aromatic carbocycles. The van der Waals surface area contributed by atoms with Crippen molar-refractivity contribution in [2.24, 2.45) is 0 Å². The van der Waals surface area contributed by atoms with Gasteiger partial charge in [-0.2, -0.15) is 0 Å². The second-order valence-corrected chi connectivity index (χ2v) is 7.33. The molecule has 4 rings (SSSR count). The number of carbonyl (C=O) groups excluding carboxylic acids is 1. The van der Waals surface area contributed by atoms with Crippen molar-refractivity contribution in [1.29, 1.82) is 0 Å². The van der Waals surface area contributed by atoms with Crippen LogP contribution in [0.3, 0.4) is 0 Å². The molecule has 0 aliphatic carbocycles. The molecule has 1 aromatic heterocycles. The van der Waals surface area contributed by atoms with E-state index in [-0.39, 0.29) is 0 Å². The van der Waals surface area contributed by atoms with Crippen molar-refractivity contribution < 1.29 is 10.0 Å². The molecule has 1 aliphatic rings. The summed E-state index contributed by atoms with van der Waals surface area (Å²) < 4.78 is 0. The largest absolute Gasteiger partial charge is 0.383 e. The van der Waals surface area contributed by atoms with Gasteiger partial charge in [0.2, 0.25) is 0 Å². The number of benzene rings is 2. The van der Waals surface area contributed by atoms with Gasteiger partial charge in [-0.3, -0.25) is 10.0 Å². The van der Waals surface area contributed by atoms with Crippen LogP contribution in [0.25, 0.3) is 17.0 Å². The Bertz CT molecular complexity index is 1020. The van der Waals surface area contributed by atoms with Crippen molar-refractivity contribution in [2.75, 3.05) is 18.4 Å². The Morgan fingerprint density at radius 1 is 1.17 bits per heavy atom. The lowest BCUT2D eigenvalue weighted by Gasteiger charge is -2.13. The van der Waals surface area contributed by atoms with Crippen molar-refractivity contribution in [1.82, 2.24) is 15.8 Å². The van der Waals surface area contributed by atoms with Crippen LogP contribution in [0, 0.1) is 0 Å². The Morgan fingerprint density at radius 2 is 2.03 bits per heavy atom. The molecule has 0 unspecified atom stereocenters. The maximum absolute atomic E-state index is 11.0. The molecule has 1 aliphatic heterocycles. The highest BCUT2D eigenvalue weighted by atomic mass is 16.5. The number of para-hydroxylation sites is 1. The van der Waals surface area contributed by atoms with E-state index in [1.165, 1.54) is 45.9 Å². The van der Waals surface area contributed by atoms with Crippen LogP contribution in [0.1, 0.15) is 28.8 Å². The van der Waals surface area contributed by atoms with Crippen molar-refractivity contribution >= 4 is 28.6 Å². The lowest BCUT2D eigenvalue weighted by atomic mass is 10.1. The predicted molar refractivity (Wildman–Crippen MR) is 116 cm³/mol. The molecule has 0 saturated heterocycles. The van der Waals surface area contributed by atoms with E-state index in [0.29, 0.717) is 0 Å². The summed E-state index contributed by atoms with van der Waals surface area (Å²) in [6.07, 6.45) is 6.22. The minimum absolute atomic E-state index is 0.538. The Hall–Kier alpha value is -3.09. The molecule has 0 bridgehead atoms. The number of rotatable bonds is 7. The van der Waals surface area contributed by atoms with Crippen molar-refractivity contribution in [3.63, 3.8) is 0 Å². The standard InChI is InChI=1S/C23H26N4O2/c28-21(27-29)11-10-16-6-8-17(9-7-16)15-24-14-12-18-3-1-4-19-22(18)26-20-5-2-13-25-23(19)20/h1,3-4,6-11,24-26,29H,2,5,12-15H2,(H,27,28)/b11-10+. The molecule has 3 aromatic rings. The molecule has 6 heteroatoms. The first-order valence-electron chi connectivity index (χ1n) is 10.0. The van der Waals surface area contributed by atoms with E-state index < -0.39 is 5.91 Å². The molecule has 0 atom stereocenters. The van der Waals surface area contributed by atoms with Crippen molar-refractivity contribution in [3.8, 4) is 0 Å². The van der Waals surface area contributed by atoms with E-state index in [4.69, 9.17) is 5.21 Å². The van der Waals surface area contributed by atoms with Gasteiger partial charge in [0.1, 0.15) is 0 Å². The molecule has 0 radical (unpaired) electrons. The summed E-state index contributed by atoms with van der Waals surface area (Å²) in [7, 11) is 0. The number of hydrogen-bond acceptors (Lipinski definition) is 4. The van der Waals surface area contributed by atoms with E-state index in [1.54, 1.807) is 11.6 Å². The summed E-state index contributed by atoms with van der Waals surface area (Å²) in [5, 5.41) is 16.8. The number of hydroxylamine groups is 1. The fraction of sp³-hybridized carbons (Fsp3) is 0.261. The number of H-pyrrole nitrogens is 1. The summed E-state index contributed by atoms with van der Waals surface area (Å²) >= 11 is 0. The van der Waals surface area contributed by atoms with Crippen molar-refractivity contribution in [2.45, 2.75) is 25.8 Å². The summed E-state index contributed by atoms with van der Waals surface area (Å²) in [6, 6.07) is 14.5. The number of hydrogen-bond donors (Lipinski definition) is 5. The fourth-order valence-corrected chi connectivity index (χ4v) is 3.82. The van der Waals surface area contributed by atoms with E-state index >= 15 is 0 Å². The number of anilines is 1. The number of carbonyl (C=O) groups is 1. The first kappa shape index (κ1) is 19.2. The van der Waals surface area contributed by atoms with Gasteiger partial charge in [0.15, 0.2) is 0 Å². The molecule has 150 valence electrons. The van der Waals surface area contributed by atoms with Gasteiger partial charge in [-0.15, -0.1) is 0 Å². The first-order valence-corrected chi connectivity index (χ1v) is 10.0. The van der Waals surface area contributed by atoms with Crippen LogP contribution in [0.2, 0.25) is 0 Å². The molecule has 0 saturated carbocycles. The highest BCUT2D eigenvalue weighted by Crippen LogP contribution is 2.32. The Balaban J connectivity index is 1.32. The number of fused-ring (bicyclic) bond motifs is 3. The van der Waals surface area contributed by atoms with Crippen LogP contribution in [-0.4, -0.2) is 29.2 Å². The molecular weight excluding hydrogens is 364 g/mol. The van der Waals surface area contributed by atoms with E-state index in [0.717, 1.165) is 38.0 Å². The smallest absolute Gasteiger partial charge is 0.267 e. The van der Waals surface area contributed by atoms with Crippen LogP contribution in [0.5, 0.6) is 0 Å². The molecule has 1 amide bonds. The quantitative estimate of drug-likeness (QED) is 0.185. The number of aromatic nitrogens is 1. The zero-order valence-electron chi connectivity index (χ0n) is 16.3. The number of aromatic amines is 1. The van der Waals surface area contributed by atoms with Crippen LogP contribution < -0.4 is 16.1 Å². The summed E-state index contributed by atoms with van der Waals surface area (Å²) in [5.74, 6) is -0.538. The zero-order valence-corrected chi connectivity index (χ0v) is 16.3. The average Bonchev–Trinajstić information content (AvgIpc) is 3.15. The highest BCUT2D eigenvalue weighted by molar-refractivity contribution is 5.96. The molecule has 2 heterocycles. The zero-order chi connectivity index (χ0) is 20.1. The van der Waals surface area contributed by atoms with Crippen LogP contribution >= 0.6 is 0 Å².